The zero-order valence-corrected chi connectivity index (χ0v) is 12.8. The molecular weight excluding hydrogens is 293 g/mol. The van der Waals surface area contributed by atoms with E-state index in [0.717, 1.165) is 23.3 Å². The molecule has 0 aliphatic heterocycles. The maximum Gasteiger partial charge on any atom is 0.119 e. The highest BCUT2D eigenvalue weighted by Crippen LogP contribution is 2.29. The molecule has 0 aliphatic rings. The molecule has 4 heteroatoms. The monoisotopic (exact) mass is 309 g/mol. The fourth-order valence-electron chi connectivity index (χ4n) is 1.92. The molecule has 20 heavy (non-hydrogen) atoms. The van der Waals surface area contributed by atoms with Gasteiger partial charge in [0.1, 0.15) is 5.75 Å². The fourth-order valence-corrected chi connectivity index (χ4v) is 2.45. The Labute approximate surface area is 129 Å². The van der Waals surface area contributed by atoms with Gasteiger partial charge in [0.05, 0.1) is 12.6 Å². The van der Waals surface area contributed by atoms with Crippen LogP contribution in [0.1, 0.15) is 30.5 Å². The van der Waals surface area contributed by atoms with E-state index in [4.69, 9.17) is 33.7 Å². The number of benzene rings is 2. The summed E-state index contributed by atoms with van der Waals surface area (Å²) in [5.41, 5.74) is 8.09. The first-order valence-corrected chi connectivity index (χ1v) is 7.30. The van der Waals surface area contributed by atoms with Crippen LogP contribution < -0.4 is 10.5 Å². The van der Waals surface area contributed by atoms with Gasteiger partial charge in [-0.15, -0.1) is 0 Å². The summed E-state index contributed by atoms with van der Waals surface area (Å²) in [5.74, 6) is 0.852. The van der Waals surface area contributed by atoms with Crippen LogP contribution in [-0.2, 0) is 0 Å². The van der Waals surface area contributed by atoms with Crippen LogP contribution in [0.3, 0.4) is 0 Å². The van der Waals surface area contributed by atoms with Gasteiger partial charge < -0.3 is 10.5 Å². The lowest BCUT2D eigenvalue weighted by Crippen LogP contribution is -2.12. The maximum atomic E-state index is 6.25. The van der Waals surface area contributed by atoms with Gasteiger partial charge in [-0.1, -0.05) is 48.3 Å². The van der Waals surface area contributed by atoms with Crippen molar-refractivity contribution in [3.63, 3.8) is 0 Å². The topological polar surface area (TPSA) is 35.2 Å². The third-order valence-electron chi connectivity index (χ3n) is 3.01. The van der Waals surface area contributed by atoms with E-state index in [9.17, 15) is 0 Å². The Morgan fingerprint density at radius 2 is 1.80 bits per heavy atom. The van der Waals surface area contributed by atoms with Gasteiger partial charge in [0.25, 0.3) is 0 Å². The van der Waals surface area contributed by atoms with E-state index in [-0.39, 0.29) is 6.04 Å². The first kappa shape index (κ1) is 15.2. The van der Waals surface area contributed by atoms with Crippen LogP contribution in [0.2, 0.25) is 10.0 Å². The summed E-state index contributed by atoms with van der Waals surface area (Å²) in [6.45, 7) is 2.79. The van der Waals surface area contributed by atoms with Crippen molar-refractivity contribution in [1.29, 1.82) is 0 Å². The summed E-state index contributed by atoms with van der Waals surface area (Å²) in [5, 5.41) is 1.19. The van der Waals surface area contributed by atoms with Gasteiger partial charge in [-0.05, 0) is 41.8 Å². The minimum atomic E-state index is -0.278. The zero-order chi connectivity index (χ0) is 14.5. The lowest BCUT2D eigenvalue weighted by atomic mass is 9.99. The summed E-state index contributed by atoms with van der Waals surface area (Å²) in [7, 11) is 0. The van der Waals surface area contributed by atoms with Gasteiger partial charge in [-0.2, -0.15) is 0 Å². The smallest absolute Gasteiger partial charge is 0.119 e. The normalized spacial score (nSPS) is 12.2. The van der Waals surface area contributed by atoms with Crippen molar-refractivity contribution in [2.24, 2.45) is 5.73 Å². The van der Waals surface area contributed by atoms with Crippen LogP contribution in [0, 0.1) is 0 Å². The van der Waals surface area contributed by atoms with Crippen molar-refractivity contribution in [3.8, 4) is 5.75 Å². The molecule has 0 saturated carbocycles. The van der Waals surface area contributed by atoms with Crippen LogP contribution in [0.25, 0.3) is 0 Å². The first-order chi connectivity index (χ1) is 9.61. The zero-order valence-electron chi connectivity index (χ0n) is 11.3. The van der Waals surface area contributed by atoms with E-state index in [1.165, 1.54) is 0 Å². The number of hydrogen-bond acceptors (Lipinski definition) is 2. The number of nitrogens with two attached hydrogens (primary N) is 1. The average Bonchev–Trinajstić information content (AvgIpc) is 2.45. The van der Waals surface area contributed by atoms with Crippen molar-refractivity contribution >= 4 is 23.2 Å². The molecule has 1 unspecified atom stereocenters. The predicted octanol–water partition coefficient (Wildman–Crippen LogP) is 4.83. The molecule has 2 rings (SSSR count). The molecule has 0 fully saturated rings. The summed E-state index contributed by atoms with van der Waals surface area (Å²) in [4.78, 5) is 0. The third-order valence-corrected chi connectivity index (χ3v) is 3.57. The molecule has 2 aromatic rings. The molecule has 0 saturated heterocycles. The van der Waals surface area contributed by atoms with E-state index in [0.29, 0.717) is 16.7 Å². The lowest BCUT2D eigenvalue weighted by molar-refractivity contribution is 0.317. The minimum Gasteiger partial charge on any atom is -0.494 e. The van der Waals surface area contributed by atoms with Gasteiger partial charge in [0, 0.05) is 10.0 Å². The van der Waals surface area contributed by atoms with Gasteiger partial charge in [0.15, 0.2) is 0 Å². The van der Waals surface area contributed by atoms with E-state index in [1.807, 2.05) is 30.3 Å². The van der Waals surface area contributed by atoms with Gasteiger partial charge in [0.2, 0.25) is 0 Å². The molecule has 0 heterocycles. The molecule has 2 N–H and O–H groups in total. The van der Waals surface area contributed by atoms with Crippen LogP contribution >= 0.6 is 23.2 Å². The molecule has 0 spiro atoms. The van der Waals surface area contributed by atoms with Crippen molar-refractivity contribution in [2.75, 3.05) is 6.61 Å². The largest absolute Gasteiger partial charge is 0.494 e. The Kier molecular flexibility index (Phi) is 5.30. The molecule has 0 radical (unpaired) electrons. The van der Waals surface area contributed by atoms with Crippen molar-refractivity contribution in [1.82, 2.24) is 0 Å². The lowest BCUT2D eigenvalue weighted by Gasteiger charge is -2.15. The van der Waals surface area contributed by atoms with Crippen LogP contribution in [0.4, 0.5) is 0 Å². The molecule has 2 aromatic carbocycles. The highest BCUT2D eigenvalue weighted by atomic mass is 35.5. The third kappa shape index (κ3) is 3.66. The Morgan fingerprint density at radius 3 is 2.40 bits per heavy atom. The summed E-state index contributed by atoms with van der Waals surface area (Å²) < 4.78 is 5.55. The highest BCUT2D eigenvalue weighted by Gasteiger charge is 2.12. The molecule has 0 aliphatic carbocycles. The Morgan fingerprint density at radius 1 is 1.10 bits per heavy atom. The number of hydrogen-bond donors (Lipinski definition) is 1. The molecular formula is C16H17Cl2NO. The Hall–Kier alpha value is -1.22. The predicted molar refractivity (Wildman–Crippen MR) is 84.7 cm³/mol. The number of ether oxygens (including phenoxy) is 1. The maximum absolute atomic E-state index is 6.25. The minimum absolute atomic E-state index is 0.278. The van der Waals surface area contributed by atoms with Gasteiger partial charge in [-0.25, -0.2) is 0 Å². The molecule has 2 nitrogen and oxygen atoms in total. The van der Waals surface area contributed by atoms with Crippen LogP contribution in [0.15, 0.2) is 42.5 Å². The SMILES string of the molecule is CCCOc1ccc(C(N)c2ccc(Cl)cc2Cl)cc1. The quantitative estimate of drug-likeness (QED) is 0.858. The van der Waals surface area contributed by atoms with Crippen LogP contribution in [-0.4, -0.2) is 6.61 Å². The van der Waals surface area contributed by atoms with E-state index < -0.39 is 0 Å². The standard InChI is InChI=1S/C16H17Cl2NO/c1-2-9-20-13-6-3-11(4-7-13)16(19)14-8-5-12(17)10-15(14)18/h3-8,10,16H,2,9,19H2,1H3. The van der Waals surface area contributed by atoms with Gasteiger partial charge in [-0.3, -0.25) is 0 Å². The van der Waals surface area contributed by atoms with E-state index >= 15 is 0 Å². The Balaban J connectivity index is 2.18. The fraction of sp³-hybridized carbons (Fsp3) is 0.250. The first-order valence-electron chi connectivity index (χ1n) is 6.55. The van der Waals surface area contributed by atoms with E-state index in [1.54, 1.807) is 12.1 Å². The Bertz CT molecular complexity index is 569. The summed E-state index contributed by atoms with van der Waals surface area (Å²) in [6.07, 6.45) is 0.988. The second-order valence-corrected chi connectivity index (χ2v) is 5.40. The van der Waals surface area contributed by atoms with Crippen molar-refractivity contribution in [2.45, 2.75) is 19.4 Å². The van der Waals surface area contributed by atoms with Crippen molar-refractivity contribution < 1.29 is 4.74 Å². The summed E-state index contributed by atoms with van der Waals surface area (Å²) >= 11 is 12.1. The van der Waals surface area contributed by atoms with E-state index in [2.05, 4.69) is 6.92 Å². The van der Waals surface area contributed by atoms with Crippen LogP contribution in [0.5, 0.6) is 5.75 Å². The number of rotatable bonds is 5. The summed E-state index contributed by atoms with van der Waals surface area (Å²) in [6, 6.07) is 12.8. The molecule has 1 atom stereocenters. The average molecular weight is 310 g/mol. The second kappa shape index (κ2) is 6.98. The molecule has 0 aromatic heterocycles. The molecule has 0 amide bonds. The molecule has 106 valence electrons. The highest BCUT2D eigenvalue weighted by molar-refractivity contribution is 6.35. The van der Waals surface area contributed by atoms with Crippen molar-refractivity contribution in [3.05, 3.63) is 63.6 Å². The van der Waals surface area contributed by atoms with Gasteiger partial charge >= 0.3 is 0 Å². The second-order valence-electron chi connectivity index (χ2n) is 4.56. The number of halogens is 2. The molecule has 0 bridgehead atoms.